The van der Waals surface area contributed by atoms with Crippen LogP contribution >= 0.6 is 0 Å². The maximum Gasteiger partial charge on any atom is 0.306 e. The summed E-state index contributed by atoms with van der Waals surface area (Å²) in [6.45, 7) is 2.21. The first-order valence-corrected chi connectivity index (χ1v) is 9.37. The molecule has 154 valence electrons. The highest BCUT2D eigenvalue weighted by Gasteiger charge is 2.12. The van der Waals surface area contributed by atoms with Crippen LogP contribution in [0.5, 0.6) is 11.5 Å². The minimum atomic E-state index is -0.609. The van der Waals surface area contributed by atoms with Crippen molar-refractivity contribution in [1.82, 2.24) is 0 Å². The molecule has 1 N–H and O–H groups in total. The Balaban J connectivity index is 1.71. The molecule has 0 spiro atoms. The Morgan fingerprint density at radius 3 is 2.41 bits per heavy atom. The first-order chi connectivity index (χ1) is 14.0. The zero-order valence-corrected chi connectivity index (χ0v) is 16.6. The molecular formula is C22H25NO6. The Labute approximate surface area is 170 Å². The summed E-state index contributed by atoms with van der Waals surface area (Å²) in [5.41, 5.74) is 1.03. The lowest BCUT2D eigenvalue weighted by molar-refractivity contribution is -0.147. The van der Waals surface area contributed by atoms with Crippen molar-refractivity contribution >= 4 is 23.3 Å². The van der Waals surface area contributed by atoms with E-state index in [-0.39, 0.29) is 18.6 Å². The van der Waals surface area contributed by atoms with Crippen molar-refractivity contribution in [2.45, 2.75) is 26.2 Å². The monoisotopic (exact) mass is 399 g/mol. The van der Waals surface area contributed by atoms with E-state index in [0.29, 0.717) is 29.4 Å². The van der Waals surface area contributed by atoms with E-state index in [2.05, 4.69) is 5.32 Å². The number of anilines is 1. The lowest BCUT2D eigenvalue weighted by Crippen LogP contribution is -2.21. The second-order valence-corrected chi connectivity index (χ2v) is 6.24. The molecule has 0 aromatic heterocycles. The van der Waals surface area contributed by atoms with Gasteiger partial charge in [-0.1, -0.05) is 13.0 Å². The van der Waals surface area contributed by atoms with Crippen molar-refractivity contribution in [2.24, 2.45) is 0 Å². The number of hydrogen-bond donors (Lipinski definition) is 1. The summed E-state index contributed by atoms with van der Waals surface area (Å²) < 4.78 is 15.5. The van der Waals surface area contributed by atoms with Crippen LogP contribution in [0.3, 0.4) is 0 Å². The summed E-state index contributed by atoms with van der Waals surface area (Å²) in [7, 11) is 1.53. The van der Waals surface area contributed by atoms with E-state index >= 15 is 0 Å². The zero-order chi connectivity index (χ0) is 21.1. The first kappa shape index (κ1) is 21.9. The van der Waals surface area contributed by atoms with Crippen molar-refractivity contribution in [3.63, 3.8) is 0 Å². The van der Waals surface area contributed by atoms with Gasteiger partial charge in [-0.05, 0) is 42.8 Å². The standard InChI is InChI=1S/C22H25NO6/c1-3-13-28-18-9-7-16(8-10-18)20(24)11-12-22(26)29-15-21(25)23-17-5-4-6-19(14-17)27-2/h4-10,14H,3,11-13,15H2,1-2H3,(H,23,25). The number of ether oxygens (including phenoxy) is 3. The highest BCUT2D eigenvalue weighted by Crippen LogP contribution is 2.17. The number of hydrogen-bond acceptors (Lipinski definition) is 6. The van der Waals surface area contributed by atoms with Crippen molar-refractivity contribution in [3.05, 3.63) is 54.1 Å². The van der Waals surface area contributed by atoms with E-state index in [0.717, 1.165) is 6.42 Å². The molecule has 0 radical (unpaired) electrons. The summed E-state index contributed by atoms with van der Waals surface area (Å²) >= 11 is 0. The molecule has 0 aliphatic carbocycles. The van der Waals surface area contributed by atoms with Gasteiger partial charge in [0.25, 0.3) is 5.91 Å². The van der Waals surface area contributed by atoms with Crippen LogP contribution in [-0.2, 0) is 14.3 Å². The molecular weight excluding hydrogens is 374 g/mol. The molecule has 0 saturated heterocycles. The fourth-order valence-corrected chi connectivity index (χ4v) is 2.43. The number of benzene rings is 2. The lowest BCUT2D eigenvalue weighted by atomic mass is 10.1. The van der Waals surface area contributed by atoms with E-state index in [1.165, 1.54) is 7.11 Å². The van der Waals surface area contributed by atoms with Crippen LogP contribution in [0.1, 0.15) is 36.5 Å². The van der Waals surface area contributed by atoms with Crippen LogP contribution in [0.15, 0.2) is 48.5 Å². The van der Waals surface area contributed by atoms with Crippen molar-refractivity contribution < 1.29 is 28.6 Å². The maximum absolute atomic E-state index is 12.2. The number of methoxy groups -OCH3 is 1. The number of amides is 1. The van der Waals surface area contributed by atoms with E-state index in [1.54, 1.807) is 48.5 Å². The highest BCUT2D eigenvalue weighted by atomic mass is 16.5. The van der Waals surface area contributed by atoms with Gasteiger partial charge in [-0.25, -0.2) is 0 Å². The number of esters is 1. The molecule has 0 unspecified atom stereocenters. The summed E-state index contributed by atoms with van der Waals surface area (Å²) in [6.07, 6.45) is 0.811. The predicted octanol–water partition coefficient (Wildman–Crippen LogP) is 3.63. The van der Waals surface area contributed by atoms with E-state index in [1.807, 2.05) is 6.92 Å². The van der Waals surface area contributed by atoms with Gasteiger partial charge in [0, 0.05) is 23.7 Å². The molecule has 0 saturated carbocycles. The summed E-state index contributed by atoms with van der Waals surface area (Å²) in [6, 6.07) is 13.6. The molecule has 7 nitrogen and oxygen atoms in total. The first-order valence-electron chi connectivity index (χ1n) is 9.37. The third kappa shape index (κ3) is 7.65. The fourth-order valence-electron chi connectivity index (χ4n) is 2.43. The largest absolute Gasteiger partial charge is 0.497 e. The minimum absolute atomic E-state index is 0.00546. The van der Waals surface area contributed by atoms with Crippen LogP contribution in [-0.4, -0.2) is 38.0 Å². The molecule has 7 heteroatoms. The third-order valence-electron chi connectivity index (χ3n) is 3.92. The van der Waals surface area contributed by atoms with E-state index in [9.17, 15) is 14.4 Å². The Bertz CT molecular complexity index is 831. The number of ketones is 1. The van der Waals surface area contributed by atoms with Gasteiger partial charge >= 0.3 is 5.97 Å². The summed E-state index contributed by atoms with van der Waals surface area (Å²) in [5, 5.41) is 2.61. The second-order valence-electron chi connectivity index (χ2n) is 6.24. The Morgan fingerprint density at radius 1 is 0.966 bits per heavy atom. The zero-order valence-electron chi connectivity index (χ0n) is 16.6. The summed E-state index contributed by atoms with van der Waals surface area (Å²) in [5.74, 6) is 0.0422. The molecule has 0 atom stereocenters. The molecule has 0 aliphatic rings. The topological polar surface area (TPSA) is 90.9 Å². The van der Waals surface area contributed by atoms with Gasteiger partial charge in [-0.15, -0.1) is 0 Å². The van der Waals surface area contributed by atoms with Gasteiger partial charge in [0.2, 0.25) is 0 Å². The lowest BCUT2D eigenvalue weighted by Gasteiger charge is -2.08. The van der Waals surface area contributed by atoms with Crippen molar-refractivity contribution in [3.8, 4) is 11.5 Å². The van der Waals surface area contributed by atoms with Crippen LogP contribution in [0.25, 0.3) is 0 Å². The van der Waals surface area contributed by atoms with Crippen LogP contribution in [0.2, 0.25) is 0 Å². The molecule has 0 fully saturated rings. The second kappa shape index (κ2) is 11.5. The van der Waals surface area contributed by atoms with E-state index in [4.69, 9.17) is 14.2 Å². The number of carbonyl (C=O) groups excluding carboxylic acids is 3. The van der Waals surface area contributed by atoms with Gasteiger partial charge in [0.05, 0.1) is 20.1 Å². The summed E-state index contributed by atoms with van der Waals surface area (Å²) in [4.78, 5) is 35.9. The third-order valence-corrected chi connectivity index (χ3v) is 3.92. The molecule has 0 heterocycles. The smallest absolute Gasteiger partial charge is 0.306 e. The van der Waals surface area contributed by atoms with Gasteiger partial charge in [-0.2, -0.15) is 0 Å². The van der Waals surface area contributed by atoms with Gasteiger partial charge < -0.3 is 19.5 Å². The quantitative estimate of drug-likeness (QED) is 0.458. The number of carbonyl (C=O) groups is 3. The molecule has 29 heavy (non-hydrogen) atoms. The van der Waals surface area contributed by atoms with Gasteiger partial charge in [0.1, 0.15) is 11.5 Å². The van der Waals surface area contributed by atoms with Crippen LogP contribution in [0, 0.1) is 0 Å². The van der Waals surface area contributed by atoms with Crippen LogP contribution < -0.4 is 14.8 Å². The maximum atomic E-state index is 12.2. The van der Waals surface area contributed by atoms with Crippen molar-refractivity contribution in [1.29, 1.82) is 0 Å². The molecule has 2 aromatic rings. The minimum Gasteiger partial charge on any atom is -0.497 e. The Morgan fingerprint density at radius 2 is 1.72 bits per heavy atom. The predicted molar refractivity (Wildman–Crippen MR) is 108 cm³/mol. The van der Waals surface area contributed by atoms with E-state index < -0.39 is 18.5 Å². The Hall–Kier alpha value is -3.35. The SMILES string of the molecule is CCCOc1ccc(C(=O)CCC(=O)OCC(=O)Nc2cccc(OC)c2)cc1. The average Bonchev–Trinajstić information content (AvgIpc) is 2.75. The number of Topliss-reactive ketones (excluding diaryl/α,β-unsaturated/α-hetero) is 1. The number of rotatable bonds is 11. The fraction of sp³-hybridized carbons (Fsp3) is 0.318. The number of nitrogens with one attached hydrogen (secondary N) is 1. The average molecular weight is 399 g/mol. The van der Waals surface area contributed by atoms with Crippen molar-refractivity contribution in [2.75, 3.05) is 25.6 Å². The van der Waals surface area contributed by atoms with Gasteiger partial charge in [-0.3, -0.25) is 14.4 Å². The molecule has 2 rings (SSSR count). The molecule has 2 aromatic carbocycles. The normalized spacial score (nSPS) is 10.1. The molecule has 0 aliphatic heterocycles. The highest BCUT2D eigenvalue weighted by molar-refractivity contribution is 5.98. The Kier molecular flexibility index (Phi) is 8.69. The molecule has 1 amide bonds. The van der Waals surface area contributed by atoms with Gasteiger partial charge in [0.15, 0.2) is 12.4 Å². The van der Waals surface area contributed by atoms with Crippen LogP contribution in [0.4, 0.5) is 5.69 Å². The molecule has 0 bridgehead atoms.